The summed E-state index contributed by atoms with van der Waals surface area (Å²) in [6.45, 7) is 1.77. The van der Waals surface area contributed by atoms with Gasteiger partial charge in [0.15, 0.2) is 5.75 Å². The van der Waals surface area contributed by atoms with Gasteiger partial charge in [0.2, 0.25) is 0 Å². The van der Waals surface area contributed by atoms with Gasteiger partial charge in [-0.2, -0.15) is 13.5 Å². The average Bonchev–Trinajstić information content (AvgIpc) is 2.91. The number of nitrogens with zero attached hydrogens (tertiary/aromatic N) is 4. The second-order valence-corrected chi connectivity index (χ2v) is 10.1. The molecule has 5 aromatic rings. The maximum atomic E-state index is 12.2. The number of phenols is 1. The van der Waals surface area contributed by atoms with E-state index >= 15 is 0 Å². The smallest absolute Gasteiger partial charge is 0.297 e. The molecule has 11 heteroatoms. The van der Waals surface area contributed by atoms with Gasteiger partial charge in [-0.25, -0.2) is 0 Å². The Labute approximate surface area is 223 Å². The first-order valence-corrected chi connectivity index (χ1v) is 13.1. The van der Waals surface area contributed by atoms with Crippen LogP contribution in [0.4, 0.5) is 28.4 Å². The van der Waals surface area contributed by atoms with Crippen LogP contribution in [0.2, 0.25) is 0 Å². The second kappa shape index (κ2) is 10.1. The largest absolute Gasteiger partial charge is 0.505 e. The summed E-state index contributed by atoms with van der Waals surface area (Å²) in [5.41, 5.74) is 8.10. The Morgan fingerprint density at radius 2 is 1.41 bits per heavy atom. The van der Waals surface area contributed by atoms with Crippen molar-refractivity contribution < 1.29 is 22.8 Å². The number of nitrogen functional groups attached to an aromatic ring is 1. The third-order valence-corrected chi connectivity index (χ3v) is 7.08. The predicted molar refractivity (Wildman–Crippen MR) is 150 cm³/mol. The Kier molecular flexibility index (Phi) is 6.69. The molecule has 0 radical (unpaired) electrons. The minimum Gasteiger partial charge on any atom is -0.505 e. The first-order valence-electron chi connectivity index (χ1n) is 11.7. The van der Waals surface area contributed by atoms with E-state index in [0.29, 0.717) is 44.5 Å². The molecule has 0 aliphatic rings. The fourth-order valence-corrected chi connectivity index (χ4v) is 5.05. The molecule has 0 bridgehead atoms. The van der Waals surface area contributed by atoms with Crippen LogP contribution in [0.15, 0.2) is 104 Å². The Morgan fingerprint density at radius 1 is 0.744 bits per heavy atom. The number of phenolic OH excluding ortho intramolecular Hbond substituents is 1. The number of nitrogens with two attached hydrogens (primary N) is 1. The normalized spacial score (nSPS) is 12.2. The number of anilines is 1. The molecule has 0 spiro atoms. The molecule has 0 fully saturated rings. The lowest BCUT2D eigenvalue weighted by atomic mass is 10.1. The summed E-state index contributed by atoms with van der Waals surface area (Å²) in [6.07, 6.45) is 0. The zero-order valence-electron chi connectivity index (χ0n) is 20.9. The Hall–Kier alpha value is -4.87. The third-order valence-electron chi connectivity index (χ3n) is 6.14. The molecule has 0 atom stereocenters. The van der Waals surface area contributed by atoms with Crippen molar-refractivity contribution in [3.63, 3.8) is 0 Å². The van der Waals surface area contributed by atoms with Gasteiger partial charge >= 0.3 is 0 Å². The summed E-state index contributed by atoms with van der Waals surface area (Å²) >= 11 is 0. The quantitative estimate of drug-likeness (QED) is 0.114. The fourth-order valence-electron chi connectivity index (χ4n) is 4.21. The van der Waals surface area contributed by atoms with Gasteiger partial charge in [0.05, 0.1) is 12.8 Å². The van der Waals surface area contributed by atoms with E-state index in [-0.39, 0.29) is 22.0 Å². The predicted octanol–water partition coefficient (Wildman–Crippen LogP) is 7.68. The molecule has 0 amide bonds. The number of aromatic hydroxyl groups is 1. The molecule has 10 nitrogen and oxygen atoms in total. The molecular weight excluding hydrogens is 518 g/mol. The van der Waals surface area contributed by atoms with Gasteiger partial charge in [-0.1, -0.05) is 36.4 Å². The summed E-state index contributed by atoms with van der Waals surface area (Å²) in [4.78, 5) is -0.322. The maximum Gasteiger partial charge on any atom is 0.297 e. The number of hydrogen-bond acceptors (Lipinski definition) is 9. The number of fused-ring (bicyclic) bond motifs is 2. The minimum atomic E-state index is -4.58. The van der Waals surface area contributed by atoms with Gasteiger partial charge in [-0.15, -0.1) is 15.3 Å². The summed E-state index contributed by atoms with van der Waals surface area (Å²) in [7, 11) is -3.12. The van der Waals surface area contributed by atoms with Crippen molar-refractivity contribution >= 4 is 60.1 Å². The van der Waals surface area contributed by atoms with E-state index in [9.17, 15) is 18.1 Å². The van der Waals surface area contributed by atoms with Gasteiger partial charge in [0.25, 0.3) is 10.1 Å². The van der Waals surface area contributed by atoms with Crippen LogP contribution in [0.25, 0.3) is 21.5 Å². The summed E-state index contributed by atoms with van der Waals surface area (Å²) in [5, 5.41) is 29.8. The summed E-state index contributed by atoms with van der Waals surface area (Å²) in [6, 6.07) is 21.8. The lowest BCUT2D eigenvalue weighted by Gasteiger charge is -2.09. The van der Waals surface area contributed by atoms with Crippen LogP contribution in [-0.2, 0) is 10.1 Å². The summed E-state index contributed by atoms with van der Waals surface area (Å²) < 4.78 is 39.7. The Balaban J connectivity index is 1.50. The Bertz CT molecular complexity index is 1920. The molecular formula is C28H23N5O5S. The van der Waals surface area contributed by atoms with E-state index < -0.39 is 10.1 Å². The molecule has 39 heavy (non-hydrogen) atoms. The van der Waals surface area contributed by atoms with Crippen molar-refractivity contribution in [2.75, 3.05) is 12.8 Å². The molecule has 0 heterocycles. The molecule has 5 rings (SSSR count). The van der Waals surface area contributed by atoms with Gasteiger partial charge in [-0.3, -0.25) is 4.55 Å². The molecule has 5 aromatic carbocycles. The SMILES string of the molecule is COc1cc(/N=N/c2ccc3ccccc3c2S(=O)(=O)O)c(C)cc1/N=N/c1ccc2cc(N)ccc2c1O. The van der Waals surface area contributed by atoms with Crippen molar-refractivity contribution in [1.82, 2.24) is 0 Å². The van der Waals surface area contributed by atoms with Crippen LogP contribution in [0.5, 0.6) is 11.5 Å². The van der Waals surface area contributed by atoms with Crippen LogP contribution in [-0.4, -0.2) is 25.2 Å². The van der Waals surface area contributed by atoms with Crippen LogP contribution < -0.4 is 10.5 Å². The highest BCUT2D eigenvalue weighted by Gasteiger charge is 2.20. The van der Waals surface area contributed by atoms with Crippen molar-refractivity contribution in [1.29, 1.82) is 0 Å². The molecule has 0 aromatic heterocycles. The van der Waals surface area contributed by atoms with Crippen molar-refractivity contribution in [2.24, 2.45) is 20.5 Å². The first kappa shape index (κ1) is 25.8. The topological polar surface area (TPSA) is 159 Å². The van der Waals surface area contributed by atoms with Gasteiger partial charge in [-0.05, 0) is 59.7 Å². The van der Waals surface area contributed by atoms with Crippen LogP contribution >= 0.6 is 0 Å². The number of aryl methyl sites for hydroxylation is 1. The molecule has 0 unspecified atom stereocenters. The number of benzene rings is 5. The number of hydrogen-bond donors (Lipinski definition) is 3. The number of azo groups is 2. The van der Waals surface area contributed by atoms with E-state index in [2.05, 4.69) is 20.5 Å². The van der Waals surface area contributed by atoms with Gasteiger partial charge < -0.3 is 15.6 Å². The van der Waals surface area contributed by atoms with Crippen molar-refractivity contribution in [3.05, 3.63) is 84.4 Å². The van der Waals surface area contributed by atoms with E-state index in [1.54, 1.807) is 79.7 Å². The highest BCUT2D eigenvalue weighted by atomic mass is 32.2. The maximum absolute atomic E-state index is 12.2. The summed E-state index contributed by atoms with van der Waals surface area (Å²) in [5.74, 6) is 0.308. The lowest BCUT2D eigenvalue weighted by molar-refractivity contribution is 0.416. The van der Waals surface area contributed by atoms with E-state index in [0.717, 1.165) is 5.39 Å². The zero-order chi connectivity index (χ0) is 27.7. The standard InChI is InChI=1S/C28H23N5O5S/c1-16-13-25(33-30-22-11-8-18-14-19(29)9-10-20(18)27(22)34)26(38-2)15-24(16)32-31-23-12-7-17-5-3-4-6-21(17)28(23)39(35,36)37/h3-15,34H,29H2,1-2H3,(H,35,36,37)/b32-31+,33-30+. The van der Waals surface area contributed by atoms with Crippen LogP contribution in [0, 0.1) is 6.92 Å². The number of rotatable bonds is 6. The van der Waals surface area contributed by atoms with Crippen LogP contribution in [0.1, 0.15) is 5.56 Å². The molecule has 196 valence electrons. The fraction of sp³-hybridized carbons (Fsp3) is 0.0714. The molecule has 0 aliphatic carbocycles. The van der Waals surface area contributed by atoms with Crippen molar-refractivity contribution in [3.8, 4) is 11.5 Å². The highest BCUT2D eigenvalue weighted by molar-refractivity contribution is 7.86. The lowest BCUT2D eigenvalue weighted by Crippen LogP contribution is -1.99. The minimum absolute atomic E-state index is 0.00753. The van der Waals surface area contributed by atoms with Gasteiger partial charge in [0, 0.05) is 22.5 Å². The number of ether oxygens (including phenoxy) is 1. The molecule has 0 saturated carbocycles. The van der Waals surface area contributed by atoms with E-state index in [4.69, 9.17) is 10.5 Å². The third kappa shape index (κ3) is 5.13. The average molecular weight is 542 g/mol. The van der Waals surface area contributed by atoms with Gasteiger partial charge in [0.1, 0.15) is 27.7 Å². The van der Waals surface area contributed by atoms with E-state index in [1.807, 2.05) is 0 Å². The molecule has 0 saturated heterocycles. The zero-order valence-corrected chi connectivity index (χ0v) is 21.7. The monoisotopic (exact) mass is 541 g/mol. The van der Waals surface area contributed by atoms with E-state index in [1.165, 1.54) is 13.2 Å². The Morgan fingerprint density at radius 3 is 2.18 bits per heavy atom. The second-order valence-electron chi connectivity index (χ2n) is 8.73. The molecule has 0 aliphatic heterocycles. The van der Waals surface area contributed by atoms with Crippen LogP contribution in [0.3, 0.4) is 0 Å². The molecule has 4 N–H and O–H groups in total. The first-order chi connectivity index (χ1) is 18.7. The van der Waals surface area contributed by atoms with Crippen molar-refractivity contribution in [2.45, 2.75) is 11.8 Å². The number of methoxy groups -OCH3 is 1. The highest BCUT2D eigenvalue weighted by Crippen LogP contribution is 2.40.